The summed E-state index contributed by atoms with van der Waals surface area (Å²) in [5.74, 6) is -0.0209. The van der Waals surface area contributed by atoms with Gasteiger partial charge in [0.2, 0.25) is 5.76 Å². The molecule has 2 aromatic heterocycles. The Kier molecular flexibility index (Phi) is 4.33. The number of ether oxygens (including phenoxy) is 1. The summed E-state index contributed by atoms with van der Waals surface area (Å²) >= 11 is 0. The van der Waals surface area contributed by atoms with E-state index < -0.39 is 5.97 Å². The lowest BCUT2D eigenvalue weighted by Crippen LogP contribution is -1.97. The van der Waals surface area contributed by atoms with Crippen LogP contribution in [-0.4, -0.2) is 16.1 Å². The summed E-state index contributed by atoms with van der Waals surface area (Å²) in [6, 6.07) is 13.4. The average molecular weight is 323 g/mol. The van der Waals surface area contributed by atoms with Gasteiger partial charge >= 0.3 is 5.97 Å². The molecule has 1 N–H and O–H groups in total. The smallest absolute Gasteiger partial charge is 0.371 e. The highest BCUT2D eigenvalue weighted by molar-refractivity contribution is 5.84. The van der Waals surface area contributed by atoms with E-state index in [4.69, 9.17) is 14.3 Å². The Labute approximate surface area is 139 Å². The molecule has 3 rings (SSSR count). The Hall–Kier alpha value is -3.08. The Morgan fingerprint density at radius 1 is 1.17 bits per heavy atom. The van der Waals surface area contributed by atoms with E-state index in [0.29, 0.717) is 17.1 Å². The van der Waals surface area contributed by atoms with Gasteiger partial charge in [-0.05, 0) is 32.0 Å². The normalized spacial score (nSPS) is 10.6. The van der Waals surface area contributed by atoms with Crippen LogP contribution >= 0.6 is 0 Å². The molecule has 5 heteroatoms. The lowest BCUT2D eigenvalue weighted by Gasteiger charge is -2.06. The Morgan fingerprint density at radius 2 is 1.92 bits per heavy atom. The van der Waals surface area contributed by atoms with Crippen molar-refractivity contribution >= 4 is 5.97 Å². The van der Waals surface area contributed by atoms with Crippen molar-refractivity contribution in [2.24, 2.45) is 0 Å². The van der Waals surface area contributed by atoms with E-state index in [-0.39, 0.29) is 12.4 Å². The largest absolute Gasteiger partial charge is 0.487 e. The summed E-state index contributed by atoms with van der Waals surface area (Å²) in [5, 5.41) is 8.92. The summed E-state index contributed by atoms with van der Waals surface area (Å²) < 4.78 is 10.8. The van der Waals surface area contributed by atoms with Crippen LogP contribution < -0.4 is 4.74 Å². The molecule has 0 amide bonds. The second-order valence-corrected chi connectivity index (χ2v) is 5.53. The second-order valence-electron chi connectivity index (χ2n) is 5.53. The van der Waals surface area contributed by atoms with Crippen LogP contribution in [0.3, 0.4) is 0 Å². The van der Waals surface area contributed by atoms with Crippen molar-refractivity contribution in [2.75, 3.05) is 0 Å². The number of carbonyl (C=O) groups is 1. The SMILES string of the molecule is Cc1ccc(-c2ccc(OCc3cc(C(=O)O)oc3C)cn2)cc1. The van der Waals surface area contributed by atoms with Gasteiger partial charge in [-0.15, -0.1) is 0 Å². The van der Waals surface area contributed by atoms with E-state index in [2.05, 4.69) is 4.98 Å². The van der Waals surface area contributed by atoms with E-state index in [1.165, 1.54) is 11.6 Å². The topological polar surface area (TPSA) is 72.6 Å². The van der Waals surface area contributed by atoms with E-state index in [0.717, 1.165) is 11.3 Å². The standard InChI is InChI=1S/C19H17NO4/c1-12-3-5-14(6-4-12)17-8-7-16(10-20-17)23-11-15-9-18(19(21)22)24-13(15)2/h3-10H,11H2,1-2H3,(H,21,22). The van der Waals surface area contributed by atoms with Gasteiger partial charge in [-0.25, -0.2) is 4.79 Å². The molecule has 2 heterocycles. The van der Waals surface area contributed by atoms with Gasteiger partial charge in [0, 0.05) is 11.1 Å². The van der Waals surface area contributed by atoms with Gasteiger partial charge in [-0.3, -0.25) is 4.98 Å². The summed E-state index contributed by atoms with van der Waals surface area (Å²) in [4.78, 5) is 15.3. The summed E-state index contributed by atoms with van der Waals surface area (Å²) in [7, 11) is 0. The first-order chi connectivity index (χ1) is 11.5. The van der Waals surface area contributed by atoms with Gasteiger partial charge in [-0.1, -0.05) is 29.8 Å². The summed E-state index contributed by atoms with van der Waals surface area (Å²) in [5.41, 5.74) is 3.82. The quantitative estimate of drug-likeness (QED) is 0.760. The molecule has 3 aromatic rings. The Bertz CT molecular complexity index is 848. The number of hydrogen-bond acceptors (Lipinski definition) is 4. The van der Waals surface area contributed by atoms with Crippen LogP contribution in [0.4, 0.5) is 0 Å². The van der Waals surface area contributed by atoms with Crippen LogP contribution in [0.15, 0.2) is 53.1 Å². The zero-order valence-electron chi connectivity index (χ0n) is 13.4. The fourth-order valence-corrected chi connectivity index (χ4v) is 2.29. The molecular formula is C19H17NO4. The number of aromatic nitrogens is 1. The number of hydrogen-bond donors (Lipinski definition) is 1. The number of pyridine rings is 1. The lowest BCUT2D eigenvalue weighted by atomic mass is 10.1. The molecule has 0 aliphatic heterocycles. The van der Waals surface area contributed by atoms with Crippen molar-refractivity contribution < 1.29 is 19.1 Å². The Morgan fingerprint density at radius 3 is 2.50 bits per heavy atom. The van der Waals surface area contributed by atoms with Gasteiger partial charge in [-0.2, -0.15) is 0 Å². The van der Waals surface area contributed by atoms with Crippen molar-refractivity contribution in [1.82, 2.24) is 4.98 Å². The van der Waals surface area contributed by atoms with Crippen LogP contribution in [0.1, 0.15) is 27.4 Å². The molecule has 0 atom stereocenters. The minimum absolute atomic E-state index is 0.0843. The molecule has 0 saturated heterocycles. The van der Waals surface area contributed by atoms with Crippen molar-refractivity contribution in [2.45, 2.75) is 20.5 Å². The van der Waals surface area contributed by atoms with Crippen molar-refractivity contribution in [3.63, 3.8) is 0 Å². The predicted octanol–water partition coefficient (Wildman–Crippen LogP) is 4.24. The van der Waals surface area contributed by atoms with Crippen LogP contribution in [0, 0.1) is 13.8 Å². The summed E-state index contributed by atoms with van der Waals surface area (Å²) in [6.07, 6.45) is 1.66. The number of benzene rings is 1. The molecule has 0 bridgehead atoms. The van der Waals surface area contributed by atoms with E-state index in [1.807, 2.05) is 43.3 Å². The average Bonchev–Trinajstić information content (AvgIpc) is 2.95. The van der Waals surface area contributed by atoms with Gasteiger partial charge < -0.3 is 14.3 Å². The monoisotopic (exact) mass is 323 g/mol. The minimum atomic E-state index is -1.09. The number of aromatic carboxylic acids is 1. The number of carboxylic acid groups (broad SMARTS) is 1. The molecule has 0 aliphatic rings. The Balaban J connectivity index is 1.68. The van der Waals surface area contributed by atoms with E-state index in [1.54, 1.807) is 13.1 Å². The van der Waals surface area contributed by atoms with E-state index >= 15 is 0 Å². The third-order valence-electron chi connectivity index (χ3n) is 3.71. The van der Waals surface area contributed by atoms with Crippen molar-refractivity contribution in [3.8, 4) is 17.0 Å². The number of rotatable bonds is 5. The molecule has 24 heavy (non-hydrogen) atoms. The number of aryl methyl sites for hydroxylation is 2. The molecule has 122 valence electrons. The highest BCUT2D eigenvalue weighted by Gasteiger charge is 2.13. The number of carboxylic acids is 1. The highest BCUT2D eigenvalue weighted by atomic mass is 16.5. The molecule has 0 fully saturated rings. The first-order valence-electron chi connectivity index (χ1n) is 7.51. The summed E-state index contributed by atoms with van der Waals surface area (Å²) in [6.45, 7) is 3.99. The van der Waals surface area contributed by atoms with Gasteiger partial charge in [0.25, 0.3) is 0 Å². The highest BCUT2D eigenvalue weighted by Crippen LogP contribution is 2.21. The molecule has 0 spiro atoms. The van der Waals surface area contributed by atoms with Gasteiger partial charge in [0.1, 0.15) is 18.1 Å². The first-order valence-corrected chi connectivity index (χ1v) is 7.51. The van der Waals surface area contributed by atoms with Gasteiger partial charge in [0.05, 0.1) is 11.9 Å². The fourth-order valence-electron chi connectivity index (χ4n) is 2.29. The third-order valence-corrected chi connectivity index (χ3v) is 3.71. The fraction of sp³-hybridized carbons (Fsp3) is 0.158. The molecule has 0 unspecified atom stereocenters. The maximum Gasteiger partial charge on any atom is 0.371 e. The maximum atomic E-state index is 10.9. The van der Waals surface area contributed by atoms with Crippen LogP contribution in [0.5, 0.6) is 5.75 Å². The van der Waals surface area contributed by atoms with E-state index in [9.17, 15) is 4.79 Å². The molecule has 0 aliphatic carbocycles. The van der Waals surface area contributed by atoms with Gasteiger partial charge in [0.15, 0.2) is 0 Å². The molecule has 5 nitrogen and oxygen atoms in total. The minimum Gasteiger partial charge on any atom is -0.487 e. The van der Waals surface area contributed by atoms with Crippen LogP contribution in [-0.2, 0) is 6.61 Å². The number of nitrogens with zero attached hydrogens (tertiary/aromatic N) is 1. The number of furan rings is 1. The first kappa shape index (κ1) is 15.8. The maximum absolute atomic E-state index is 10.9. The molecule has 0 saturated carbocycles. The van der Waals surface area contributed by atoms with Crippen molar-refractivity contribution in [3.05, 3.63) is 71.3 Å². The zero-order valence-corrected chi connectivity index (χ0v) is 13.4. The molecular weight excluding hydrogens is 306 g/mol. The zero-order chi connectivity index (χ0) is 17.1. The predicted molar refractivity (Wildman–Crippen MR) is 89.1 cm³/mol. The van der Waals surface area contributed by atoms with Crippen LogP contribution in [0.25, 0.3) is 11.3 Å². The molecule has 1 aromatic carbocycles. The molecule has 0 radical (unpaired) electrons. The van der Waals surface area contributed by atoms with Crippen LogP contribution in [0.2, 0.25) is 0 Å². The lowest BCUT2D eigenvalue weighted by molar-refractivity contribution is 0.0661. The third kappa shape index (κ3) is 3.46. The second kappa shape index (κ2) is 6.58. The van der Waals surface area contributed by atoms with Crippen molar-refractivity contribution in [1.29, 1.82) is 0 Å².